The number of fused-ring (bicyclic) bond motifs is 1. The van der Waals surface area contributed by atoms with Gasteiger partial charge in [0.05, 0.1) is 16.1 Å². The largest absolute Gasteiger partial charge is 0.318 e. The van der Waals surface area contributed by atoms with E-state index < -0.39 is 6.17 Å². The first-order chi connectivity index (χ1) is 15.7. The molecular formula is C26H21N2O2S2+. The number of hydrogen-bond donors (Lipinski definition) is 0. The average Bonchev–Trinajstić information content (AvgIpc) is 3.29. The van der Waals surface area contributed by atoms with Gasteiger partial charge in [0.2, 0.25) is 0 Å². The number of Topliss-reactive ketones (excluding diaryl/α,β-unsaturated/α-hetero) is 1. The fourth-order valence-electron chi connectivity index (χ4n) is 3.84. The smallest absolute Gasteiger partial charge is 0.293 e. The minimum absolute atomic E-state index is 0.0564. The van der Waals surface area contributed by atoms with Gasteiger partial charge in [-0.2, -0.15) is 4.31 Å². The van der Waals surface area contributed by atoms with Crippen LogP contribution in [0.1, 0.15) is 27.7 Å². The van der Waals surface area contributed by atoms with Crippen LogP contribution < -0.4 is 0 Å². The Hall–Kier alpha value is -3.06. The zero-order valence-corrected chi connectivity index (χ0v) is 18.9. The van der Waals surface area contributed by atoms with Gasteiger partial charge >= 0.3 is 5.00 Å². The van der Waals surface area contributed by atoms with Gasteiger partial charge in [0.1, 0.15) is 0 Å². The van der Waals surface area contributed by atoms with Crippen LogP contribution in [0, 0.1) is 4.91 Å². The van der Waals surface area contributed by atoms with Crippen LogP contribution in [0.2, 0.25) is 0 Å². The quantitative estimate of drug-likeness (QED) is 0.180. The zero-order chi connectivity index (χ0) is 21.9. The maximum atomic E-state index is 13.6. The van der Waals surface area contributed by atoms with Gasteiger partial charge in [-0.1, -0.05) is 114 Å². The molecular weight excluding hydrogens is 436 g/mol. The topological polar surface area (TPSA) is 40.4 Å². The lowest BCUT2D eigenvalue weighted by Gasteiger charge is -2.27. The molecule has 4 aromatic rings. The maximum absolute atomic E-state index is 13.6. The third kappa shape index (κ3) is 4.17. The van der Waals surface area contributed by atoms with Crippen LogP contribution in [0.25, 0.3) is 10.4 Å². The van der Waals surface area contributed by atoms with E-state index in [1.54, 1.807) is 0 Å². The maximum Gasteiger partial charge on any atom is 0.318 e. The number of hydrogen-bond acceptors (Lipinski definition) is 5. The zero-order valence-electron chi connectivity index (χ0n) is 17.3. The summed E-state index contributed by atoms with van der Waals surface area (Å²) >= 11 is 2.95. The van der Waals surface area contributed by atoms with Crippen LogP contribution >= 0.6 is 23.3 Å². The molecule has 0 saturated heterocycles. The summed E-state index contributed by atoms with van der Waals surface area (Å²) in [5.74, 6) is 0.340. The second-order valence-corrected chi connectivity index (χ2v) is 9.60. The summed E-state index contributed by atoms with van der Waals surface area (Å²) in [5, 5.41) is 0.740. The molecule has 4 nitrogen and oxygen atoms in total. The van der Waals surface area contributed by atoms with Crippen LogP contribution in [0.15, 0.2) is 97.1 Å². The molecule has 0 radical (unpaired) electrons. The second kappa shape index (κ2) is 9.20. The van der Waals surface area contributed by atoms with Crippen LogP contribution in [-0.2, 0) is 6.54 Å². The van der Waals surface area contributed by atoms with Crippen LogP contribution in [-0.4, -0.2) is 20.6 Å². The van der Waals surface area contributed by atoms with E-state index in [2.05, 4.69) is 18.2 Å². The minimum atomic E-state index is -0.487. The van der Waals surface area contributed by atoms with E-state index in [-0.39, 0.29) is 11.5 Å². The van der Waals surface area contributed by atoms with E-state index in [9.17, 15) is 9.70 Å². The molecule has 1 atom stereocenters. The Morgan fingerprint density at radius 2 is 1.56 bits per heavy atom. The molecule has 0 aliphatic carbocycles. The normalized spacial score (nSPS) is 16.0. The minimum Gasteiger partial charge on any atom is -0.293 e. The summed E-state index contributed by atoms with van der Waals surface area (Å²) in [6.07, 6.45) is -0.487. The summed E-state index contributed by atoms with van der Waals surface area (Å²) in [6.45, 7) is 0.601. The molecule has 0 spiro atoms. The first-order valence-electron chi connectivity index (χ1n) is 10.4. The van der Waals surface area contributed by atoms with Crippen LogP contribution in [0.3, 0.4) is 0 Å². The van der Waals surface area contributed by atoms with Crippen molar-refractivity contribution in [2.45, 2.75) is 12.7 Å². The van der Waals surface area contributed by atoms with Gasteiger partial charge in [-0.05, 0) is 11.6 Å². The Morgan fingerprint density at radius 3 is 2.25 bits per heavy atom. The molecule has 0 bridgehead atoms. The molecule has 1 aliphatic rings. The number of carbonyl (C=O) groups is 1. The van der Waals surface area contributed by atoms with E-state index in [0.29, 0.717) is 12.1 Å². The molecule has 32 heavy (non-hydrogen) atoms. The summed E-state index contributed by atoms with van der Waals surface area (Å²) < 4.78 is 3.14. The Labute approximate surface area is 195 Å². The number of nitroso groups, excluding NO2 is 1. The molecule has 0 saturated carbocycles. The number of thiophene rings is 1. The number of benzene rings is 3. The highest BCUT2D eigenvalue weighted by atomic mass is 32.2. The first-order valence-corrected chi connectivity index (χ1v) is 12.1. The molecule has 5 rings (SSSR count). The van der Waals surface area contributed by atoms with Crippen LogP contribution in [0.4, 0.5) is 5.00 Å². The monoisotopic (exact) mass is 457 g/mol. The van der Waals surface area contributed by atoms with Crippen molar-refractivity contribution < 1.29 is 9.55 Å². The van der Waals surface area contributed by atoms with Gasteiger partial charge in [-0.25, -0.2) is 0 Å². The average molecular weight is 458 g/mol. The number of nitrogens with zero attached hydrogens (tertiary/aromatic N) is 2. The number of ketones is 1. The molecule has 158 valence electrons. The van der Waals surface area contributed by atoms with Gasteiger partial charge in [0.15, 0.2) is 5.78 Å². The predicted octanol–water partition coefficient (Wildman–Crippen LogP) is 6.87. The molecule has 0 fully saturated rings. The van der Waals surface area contributed by atoms with Gasteiger partial charge in [-0.15, -0.1) is 0 Å². The molecule has 3 aromatic carbocycles. The van der Waals surface area contributed by atoms with Crippen LogP contribution in [0.5, 0.6) is 0 Å². The van der Waals surface area contributed by atoms with Crippen molar-refractivity contribution in [3.8, 4) is 10.4 Å². The molecule has 1 aromatic heterocycles. The lowest BCUT2D eigenvalue weighted by Crippen LogP contribution is -2.33. The molecule has 2 heterocycles. The van der Waals surface area contributed by atoms with Crippen molar-refractivity contribution in [1.29, 1.82) is 0 Å². The molecule has 1 aliphatic heterocycles. The fraction of sp³-hybridized carbons (Fsp3) is 0.115. The highest BCUT2D eigenvalue weighted by Gasteiger charge is 2.44. The van der Waals surface area contributed by atoms with Crippen molar-refractivity contribution in [3.05, 3.63) is 119 Å². The summed E-state index contributed by atoms with van der Waals surface area (Å²) in [7, 11) is 0. The van der Waals surface area contributed by atoms with Crippen molar-refractivity contribution >= 4 is 34.1 Å². The molecule has 0 N–H and O–H groups in total. The standard InChI is InChI=1S/C26H21N2O2S2/c29-23(19-10-4-1-5-11-19)18-31-27-17-22-16-24(20-12-6-2-7-13-20)32-26(22)28(30)25(27)21-14-8-3-9-15-21/h1-16,25H,17-18H2/q+1. The van der Waals surface area contributed by atoms with E-state index in [1.807, 2.05) is 83.2 Å². The van der Waals surface area contributed by atoms with Crippen molar-refractivity contribution in [2.24, 2.45) is 0 Å². The molecule has 6 heteroatoms. The molecule has 0 amide bonds. The second-order valence-electron chi connectivity index (χ2n) is 7.56. The van der Waals surface area contributed by atoms with E-state index in [0.717, 1.165) is 31.3 Å². The number of carbonyl (C=O) groups excluding carboxylic acids is 1. The summed E-state index contributed by atoms with van der Waals surface area (Å²) in [5.41, 5.74) is 3.71. The lowest BCUT2D eigenvalue weighted by atomic mass is 10.1. The van der Waals surface area contributed by atoms with E-state index >= 15 is 0 Å². The van der Waals surface area contributed by atoms with E-state index in [4.69, 9.17) is 0 Å². The highest BCUT2D eigenvalue weighted by molar-refractivity contribution is 7.97. The van der Waals surface area contributed by atoms with Crippen molar-refractivity contribution in [3.63, 3.8) is 0 Å². The number of rotatable bonds is 6. The Morgan fingerprint density at radius 1 is 0.938 bits per heavy atom. The highest BCUT2D eigenvalue weighted by Crippen LogP contribution is 2.46. The third-order valence-electron chi connectivity index (χ3n) is 5.42. The lowest BCUT2D eigenvalue weighted by molar-refractivity contribution is -0.538. The van der Waals surface area contributed by atoms with Gasteiger partial charge in [0, 0.05) is 27.5 Å². The predicted molar refractivity (Wildman–Crippen MR) is 131 cm³/mol. The Bertz CT molecular complexity index is 1240. The summed E-state index contributed by atoms with van der Waals surface area (Å²) in [4.78, 5) is 27.4. The summed E-state index contributed by atoms with van der Waals surface area (Å²) in [6, 6.07) is 31.3. The Kier molecular flexibility index (Phi) is 5.99. The first kappa shape index (κ1) is 20.8. The fourth-order valence-corrected chi connectivity index (χ4v) is 5.97. The SMILES string of the molecule is O=C(CSN1Cc2cc(-c3ccccc3)sc2[N+](=O)C1c1ccccc1)c1ccccc1. The van der Waals surface area contributed by atoms with E-state index in [1.165, 1.54) is 23.3 Å². The van der Waals surface area contributed by atoms with Gasteiger partial charge < -0.3 is 0 Å². The van der Waals surface area contributed by atoms with Gasteiger partial charge in [-0.3, -0.25) is 4.79 Å². The molecule has 1 unspecified atom stereocenters. The third-order valence-corrected chi connectivity index (χ3v) is 7.68. The van der Waals surface area contributed by atoms with Crippen molar-refractivity contribution in [2.75, 3.05) is 5.75 Å². The Balaban J connectivity index is 1.46. The van der Waals surface area contributed by atoms with Crippen molar-refractivity contribution in [1.82, 2.24) is 4.31 Å². The van der Waals surface area contributed by atoms with Gasteiger partial charge in [0.25, 0.3) is 6.17 Å².